The van der Waals surface area contributed by atoms with Crippen molar-refractivity contribution in [3.63, 3.8) is 0 Å². The molecule has 0 bridgehead atoms. The van der Waals surface area contributed by atoms with Crippen LogP contribution in [0.25, 0.3) is 0 Å². The highest BCUT2D eigenvalue weighted by atomic mass is 32.2. The zero-order valence-electron chi connectivity index (χ0n) is 11.2. The maximum atomic E-state index is 12.1. The summed E-state index contributed by atoms with van der Waals surface area (Å²) in [6, 6.07) is 6.22. The van der Waals surface area contributed by atoms with E-state index in [1.54, 1.807) is 26.0 Å². The second kappa shape index (κ2) is 5.24. The van der Waals surface area contributed by atoms with Crippen LogP contribution in [-0.2, 0) is 19.6 Å². The standard InChI is InChI=1S/C13H16N2O4S/c1-8-4-3-5-10(6-8)20(18,19)15-13(17)11-9(2)7-14-12(11)16/h3-6,9,11H,7H2,1-2H3,(H,14,16)(H,15,17). The smallest absolute Gasteiger partial charge is 0.264 e. The molecule has 0 aliphatic carbocycles. The number of sulfonamides is 1. The molecule has 0 radical (unpaired) electrons. The number of carbonyl (C=O) groups is 2. The minimum atomic E-state index is -3.95. The molecule has 1 aromatic rings. The summed E-state index contributed by atoms with van der Waals surface area (Å²) in [5.41, 5.74) is 0.771. The van der Waals surface area contributed by atoms with Gasteiger partial charge in [0.25, 0.3) is 10.0 Å². The number of aryl methyl sites for hydroxylation is 1. The van der Waals surface area contributed by atoms with Crippen LogP contribution >= 0.6 is 0 Å². The first kappa shape index (κ1) is 14.5. The van der Waals surface area contributed by atoms with Crippen LogP contribution < -0.4 is 10.0 Å². The zero-order valence-corrected chi connectivity index (χ0v) is 12.0. The van der Waals surface area contributed by atoms with Gasteiger partial charge < -0.3 is 5.32 Å². The number of benzene rings is 1. The lowest BCUT2D eigenvalue weighted by molar-refractivity contribution is -0.132. The van der Waals surface area contributed by atoms with E-state index in [0.717, 1.165) is 5.56 Å². The summed E-state index contributed by atoms with van der Waals surface area (Å²) in [7, 11) is -3.95. The van der Waals surface area contributed by atoms with Crippen LogP contribution in [-0.4, -0.2) is 26.8 Å². The molecule has 2 N–H and O–H groups in total. The van der Waals surface area contributed by atoms with Crippen molar-refractivity contribution in [1.29, 1.82) is 0 Å². The lowest BCUT2D eigenvalue weighted by Crippen LogP contribution is -2.40. The summed E-state index contributed by atoms with van der Waals surface area (Å²) in [4.78, 5) is 23.5. The van der Waals surface area contributed by atoms with Gasteiger partial charge in [-0.15, -0.1) is 0 Å². The van der Waals surface area contributed by atoms with Crippen molar-refractivity contribution < 1.29 is 18.0 Å². The molecule has 0 spiro atoms. The number of rotatable bonds is 3. The average molecular weight is 296 g/mol. The molecule has 7 heteroatoms. The number of hydrogen-bond acceptors (Lipinski definition) is 4. The van der Waals surface area contributed by atoms with Crippen LogP contribution in [0, 0.1) is 18.8 Å². The van der Waals surface area contributed by atoms with Gasteiger partial charge in [-0.2, -0.15) is 0 Å². The van der Waals surface area contributed by atoms with Crippen LogP contribution in [0.1, 0.15) is 12.5 Å². The molecule has 0 saturated carbocycles. The molecule has 108 valence electrons. The van der Waals surface area contributed by atoms with Crippen molar-refractivity contribution in [3.05, 3.63) is 29.8 Å². The van der Waals surface area contributed by atoms with E-state index >= 15 is 0 Å². The monoisotopic (exact) mass is 296 g/mol. The minimum Gasteiger partial charge on any atom is -0.355 e. The fourth-order valence-corrected chi connectivity index (χ4v) is 3.27. The molecular weight excluding hydrogens is 280 g/mol. The Morgan fingerprint density at radius 1 is 1.40 bits per heavy atom. The number of hydrogen-bond donors (Lipinski definition) is 2. The third-order valence-corrected chi connectivity index (χ3v) is 4.61. The zero-order chi connectivity index (χ0) is 14.9. The fraction of sp³-hybridized carbons (Fsp3) is 0.385. The Hall–Kier alpha value is -1.89. The average Bonchev–Trinajstić information content (AvgIpc) is 2.68. The summed E-state index contributed by atoms with van der Waals surface area (Å²) >= 11 is 0. The highest BCUT2D eigenvalue weighted by molar-refractivity contribution is 7.90. The van der Waals surface area contributed by atoms with E-state index in [9.17, 15) is 18.0 Å². The Morgan fingerprint density at radius 3 is 2.65 bits per heavy atom. The van der Waals surface area contributed by atoms with Crippen molar-refractivity contribution in [2.75, 3.05) is 6.54 Å². The highest BCUT2D eigenvalue weighted by Crippen LogP contribution is 2.19. The lowest BCUT2D eigenvalue weighted by Gasteiger charge is -2.13. The summed E-state index contributed by atoms with van der Waals surface area (Å²) < 4.78 is 26.2. The molecule has 1 fully saturated rings. The summed E-state index contributed by atoms with van der Waals surface area (Å²) in [5.74, 6) is -2.41. The van der Waals surface area contributed by atoms with Gasteiger partial charge in [-0.25, -0.2) is 13.1 Å². The summed E-state index contributed by atoms with van der Waals surface area (Å²) in [6.07, 6.45) is 0. The van der Waals surface area contributed by atoms with E-state index in [4.69, 9.17) is 0 Å². The Balaban J connectivity index is 2.20. The predicted molar refractivity (Wildman–Crippen MR) is 72.2 cm³/mol. The third kappa shape index (κ3) is 2.82. The van der Waals surface area contributed by atoms with Gasteiger partial charge in [0.15, 0.2) is 0 Å². The van der Waals surface area contributed by atoms with Crippen LogP contribution in [0.5, 0.6) is 0 Å². The molecule has 1 saturated heterocycles. The molecule has 0 aromatic heterocycles. The SMILES string of the molecule is Cc1cccc(S(=O)(=O)NC(=O)C2C(=O)NCC2C)c1. The second-order valence-electron chi connectivity index (χ2n) is 4.99. The van der Waals surface area contributed by atoms with Crippen molar-refractivity contribution in [1.82, 2.24) is 10.0 Å². The second-order valence-corrected chi connectivity index (χ2v) is 6.67. The van der Waals surface area contributed by atoms with Crippen LogP contribution in [0.4, 0.5) is 0 Å². The van der Waals surface area contributed by atoms with Gasteiger partial charge in [-0.1, -0.05) is 19.1 Å². The van der Waals surface area contributed by atoms with Crippen LogP contribution in [0.15, 0.2) is 29.2 Å². The van der Waals surface area contributed by atoms with Crippen molar-refractivity contribution in [3.8, 4) is 0 Å². The van der Waals surface area contributed by atoms with Gasteiger partial charge >= 0.3 is 0 Å². The fourth-order valence-electron chi connectivity index (χ4n) is 2.16. The molecule has 6 nitrogen and oxygen atoms in total. The van der Waals surface area contributed by atoms with Crippen molar-refractivity contribution in [2.45, 2.75) is 18.7 Å². The summed E-state index contributed by atoms with van der Waals surface area (Å²) in [5, 5.41) is 2.54. The largest absolute Gasteiger partial charge is 0.355 e. The number of nitrogens with one attached hydrogen (secondary N) is 2. The topological polar surface area (TPSA) is 92.3 Å². The van der Waals surface area contributed by atoms with E-state index < -0.39 is 27.8 Å². The molecule has 1 aromatic carbocycles. The van der Waals surface area contributed by atoms with Gasteiger partial charge in [0, 0.05) is 6.54 Å². The van der Waals surface area contributed by atoms with E-state index in [0.29, 0.717) is 6.54 Å². The molecule has 20 heavy (non-hydrogen) atoms. The number of carbonyl (C=O) groups excluding carboxylic acids is 2. The Bertz CT molecular complexity index is 654. The molecule has 1 heterocycles. The first-order chi connectivity index (χ1) is 9.31. The maximum Gasteiger partial charge on any atom is 0.264 e. The van der Waals surface area contributed by atoms with Gasteiger partial charge in [0.1, 0.15) is 5.92 Å². The maximum absolute atomic E-state index is 12.1. The Kier molecular flexibility index (Phi) is 3.80. The van der Waals surface area contributed by atoms with Crippen LogP contribution in [0.2, 0.25) is 0 Å². The quantitative estimate of drug-likeness (QED) is 0.778. The summed E-state index contributed by atoms with van der Waals surface area (Å²) in [6.45, 7) is 3.86. The molecule has 1 aliphatic heterocycles. The van der Waals surface area contributed by atoms with Crippen molar-refractivity contribution >= 4 is 21.8 Å². The molecule has 2 amide bonds. The lowest BCUT2D eigenvalue weighted by atomic mass is 9.97. The van der Waals surface area contributed by atoms with Gasteiger partial charge in [0.05, 0.1) is 4.90 Å². The van der Waals surface area contributed by atoms with Gasteiger partial charge in [-0.05, 0) is 30.5 Å². The molecule has 1 aliphatic rings. The normalized spacial score (nSPS) is 22.4. The van der Waals surface area contributed by atoms with Crippen molar-refractivity contribution in [2.24, 2.45) is 11.8 Å². The molecule has 2 unspecified atom stereocenters. The first-order valence-electron chi connectivity index (χ1n) is 6.22. The predicted octanol–water partition coefficient (Wildman–Crippen LogP) is 0.182. The van der Waals surface area contributed by atoms with E-state index in [1.165, 1.54) is 12.1 Å². The van der Waals surface area contributed by atoms with Crippen LogP contribution in [0.3, 0.4) is 0 Å². The Morgan fingerprint density at radius 2 is 2.10 bits per heavy atom. The minimum absolute atomic E-state index is 0.0110. The van der Waals surface area contributed by atoms with E-state index in [2.05, 4.69) is 5.32 Å². The van der Waals surface area contributed by atoms with E-state index in [-0.39, 0.29) is 10.8 Å². The van der Waals surface area contributed by atoms with E-state index in [1.807, 2.05) is 4.72 Å². The first-order valence-corrected chi connectivity index (χ1v) is 7.70. The Labute approximate surface area is 117 Å². The highest BCUT2D eigenvalue weighted by Gasteiger charge is 2.39. The molecule has 2 atom stereocenters. The molecule has 2 rings (SSSR count). The van der Waals surface area contributed by atoms with Gasteiger partial charge in [0.2, 0.25) is 11.8 Å². The third-order valence-electron chi connectivity index (χ3n) is 3.27. The number of amides is 2. The molecular formula is C13H16N2O4S. The van der Waals surface area contributed by atoms with Gasteiger partial charge in [-0.3, -0.25) is 9.59 Å².